The Labute approximate surface area is 243 Å². The fourth-order valence-corrected chi connectivity index (χ4v) is 5.36. The number of fused-ring (bicyclic) bond motifs is 1. The van der Waals surface area contributed by atoms with E-state index in [1.807, 2.05) is 22.8 Å². The number of aromatic nitrogens is 5. The normalized spacial score (nSPS) is 15.7. The molecule has 3 aromatic heterocycles. The Kier molecular flexibility index (Phi) is 6.59. The summed E-state index contributed by atoms with van der Waals surface area (Å²) in [6, 6.07) is 14.0. The van der Waals surface area contributed by atoms with Crippen molar-refractivity contribution in [1.29, 1.82) is 0 Å². The number of benzene rings is 2. The molecule has 5 aromatic rings. The van der Waals surface area contributed by atoms with Gasteiger partial charge in [-0.3, -0.25) is 5.10 Å². The highest BCUT2D eigenvalue weighted by atomic mass is 19.4. The smallest absolute Gasteiger partial charge is 0.416 e. The first kappa shape index (κ1) is 27.0. The van der Waals surface area contributed by atoms with Crippen LogP contribution in [0.2, 0.25) is 0 Å². The molecule has 222 valence electrons. The lowest BCUT2D eigenvalue weighted by Crippen LogP contribution is -2.47. The highest BCUT2D eigenvalue weighted by molar-refractivity contribution is 5.82. The van der Waals surface area contributed by atoms with Gasteiger partial charge in [-0.05, 0) is 56.2 Å². The zero-order chi connectivity index (χ0) is 29.7. The van der Waals surface area contributed by atoms with E-state index in [1.165, 1.54) is 18.2 Å². The minimum atomic E-state index is -4.41. The predicted octanol–water partition coefficient (Wildman–Crippen LogP) is 6.89. The molecule has 0 atom stereocenters. The summed E-state index contributed by atoms with van der Waals surface area (Å²) < 4.78 is 61.0. The van der Waals surface area contributed by atoms with E-state index in [2.05, 4.69) is 30.5 Å². The molecule has 0 spiro atoms. The third-order valence-electron chi connectivity index (χ3n) is 7.74. The van der Waals surface area contributed by atoms with E-state index >= 15 is 4.39 Å². The predicted molar refractivity (Wildman–Crippen MR) is 155 cm³/mol. The second-order valence-electron chi connectivity index (χ2n) is 10.9. The van der Waals surface area contributed by atoms with Crippen LogP contribution in [0.5, 0.6) is 11.8 Å². The number of hydrogen-bond acceptors (Lipinski definition) is 7. The standard InChI is InChI=1S/C30H28F4N8O/c1-17-13-21-22(35-17)7-8-24(28(21)31)43-29-37-25(36-26-15-23(39-40-26)18-5-6-18)16-27(38-29)42-11-9-41(10-12-42)20-4-2-3-19(14-20)30(32,33)34/h2-4,7-8,13-16,18,35H,5-6,9-12H2,1H3,(H2,36,37,38,39,40). The van der Waals surface area contributed by atoms with Gasteiger partial charge in [-0.25, -0.2) is 4.39 Å². The minimum absolute atomic E-state index is 0.0141. The molecule has 2 aromatic carbocycles. The molecule has 7 rings (SSSR count). The van der Waals surface area contributed by atoms with Crippen LogP contribution in [0.1, 0.15) is 35.7 Å². The lowest BCUT2D eigenvalue weighted by molar-refractivity contribution is -0.137. The maximum Gasteiger partial charge on any atom is 0.416 e. The molecule has 13 heteroatoms. The summed E-state index contributed by atoms with van der Waals surface area (Å²) in [6.07, 6.45) is -2.16. The number of H-pyrrole nitrogens is 2. The molecule has 0 radical (unpaired) electrons. The molecule has 1 saturated carbocycles. The number of anilines is 4. The monoisotopic (exact) mass is 592 g/mol. The van der Waals surface area contributed by atoms with Crippen LogP contribution in [0.4, 0.5) is 40.7 Å². The molecule has 1 aliphatic heterocycles. The van der Waals surface area contributed by atoms with Gasteiger partial charge < -0.3 is 24.8 Å². The third kappa shape index (κ3) is 5.66. The molecule has 43 heavy (non-hydrogen) atoms. The van der Waals surface area contributed by atoms with E-state index in [-0.39, 0.29) is 11.8 Å². The van der Waals surface area contributed by atoms with Crippen molar-refractivity contribution in [3.05, 3.63) is 77.4 Å². The van der Waals surface area contributed by atoms with Crippen LogP contribution in [0.3, 0.4) is 0 Å². The second-order valence-corrected chi connectivity index (χ2v) is 10.9. The maximum atomic E-state index is 15.3. The number of rotatable bonds is 7. The molecular weight excluding hydrogens is 564 g/mol. The summed E-state index contributed by atoms with van der Waals surface area (Å²) in [5.41, 5.74) is 2.37. The summed E-state index contributed by atoms with van der Waals surface area (Å²) in [6.45, 7) is 3.78. The highest BCUT2D eigenvalue weighted by Crippen LogP contribution is 2.40. The number of halogens is 4. The van der Waals surface area contributed by atoms with Gasteiger partial charge in [0.2, 0.25) is 0 Å². The van der Waals surface area contributed by atoms with E-state index in [0.29, 0.717) is 66.1 Å². The molecule has 4 heterocycles. The minimum Gasteiger partial charge on any atom is -0.421 e. The van der Waals surface area contributed by atoms with Gasteiger partial charge in [0, 0.05) is 72.2 Å². The zero-order valence-corrected chi connectivity index (χ0v) is 23.2. The van der Waals surface area contributed by atoms with Gasteiger partial charge in [0.05, 0.1) is 5.56 Å². The number of nitrogens with one attached hydrogen (secondary N) is 3. The fourth-order valence-electron chi connectivity index (χ4n) is 5.36. The third-order valence-corrected chi connectivity index (χ3v) is 7.74. The van der Waals surface area contributed by atoms with Crippen molar-refractivity contribution >= 4 is 34.0 Å². The Morgan fingerprint density at radius 1 is 0.930 bits per heavy atom. The summed E-state index contributed by atoms with van der Waals surface area (Å²) in [7, 11) is 0. The maximum absolute atomic E-state index is 15.3. The van der Waals surface area contributed by atoms with Crippen molar-refractivity contribution in [3.8, 4) is 11.8 Å². The van der Waals surface area contributed by atoms with Crippen LogP contribution < -0.4 is 19.9 Å². The number of ether oxygens (including phenoxy) is 1. The molecule has 0 amide bonds. The molecule has 3 N–H and O–H groups in total. The largest absolute Gasteiger partial charge is 0.421 e. The topological polar surface area (TPSA) is 98.0 Å². The van der Waals surface area contributed by atoms with Gasteiger partial charge in [0.25, 0.3) is 0 Å². The van der Waals surface area contributed by atoms with Gasteiger partial charge in [0.15, 0.2) is 17.4 Å². The van der Waals surface area contributed by atoms with E-state index in [0.717, 1.165) is 30.3 Å². The van der Waals surface area contributed by atoms with Crippen molar-refractivity contribution in [2.24, 2.45) is 0 Å². The van der Waals surface area contributed by atoms with Gasteiger partial charge in [-0.1, -0.05) is 6.07 Å². The Hall–Kier alpha value is -4.81. The lowest BCUT2D eigenvalue weighted by atomic mass is 10.1. The SMILES string of the molecule is Cc1cc2c(F)c(Oc3nc(Nc4cc(C5CC5)[nH]n4)cc(N4CCN(c5cccc(C(F)(F)F)c5)CC4)n3)ccc2[nH]1. The summed E-state index contributed by atoms with van der Waals surface area (Å²) in [4.78, 5) is 16.1. The van der Waals surface area contributed by atoms with Crippen molar-refractivity contribution < 1.29 is 22.3 Å². The number of alkyl halides is 3. The van der Waals surface area contributed by atoms with Crippen molar-refractivity contribution in [1.82, 2.24) is 25.1 Å². The Balaban J connectivity index is 1.15. The van der Waals surface area contributed by atoms with Crippen LogP contribution >= 0.6 is 0 Å². The van der Waals surface area contributed by atoms with Crippen LogP contribution in [0.25, 0.3) is 10.9 Å². The van der Waals surface area contributed by atoms with Crippen molar-refractivity contribution in [2.45, 2.75) is 31.9 Å². The Bertz CT molecular complexity index is 1790. The van der Waals surface area contributed by atoms with Crippen LogP contribution in [0, 0.1) is 12.7 Å². The number of nitrogens with zero attached hydrogens (tertiary/aromatic N) is 5. The average molecular weight is 593 g/mol. The van der Waals surface area contributed by atoms with E-state index < -0.39 is 17.6 Å². The Morgan fingerprint density at radius 2 is 1.72 bits per heavy atom. The van der Waals surface area contributed by atoms with Crippen LogP contribution in [-0.4, -0.2) is 51.3 Å². The summed E-state index contributed by atoms with van der Waals surface area (Å²) >= 11 is 0. The average Bonchev–Trinajstić information content (AvgIpc) is 3.62. The van der Waals surface area contributed by atoms with E-state index in [9.17, 15) is 13.2 Å². The highest BCUT2D eigenvalue weighted by Gasteiger charge is 2.31. The van der Waals surface area contributed by atoms with Gasteiger partial charge in [-0.15, -0.1) is 0 Å². The molecule has 9 nitrogen and oxygen atoms in total. The lowest BCUT2D eigenvalue weighted by Gasteiger charge is -2.37. The van der Waals surface area contributed by atoms with E-state index in [1.54, 1.807) is 24.3 Å². The molecule has 2 aliphatic rings. The molecule has 1 aliphatic carbocycles. The number of piperazine rings is 1. The number of aryl methyl sites for hydroxylation is 1. The first-order valence-corrected chi connectivity index (χ1v) is 14.0. The van der Waals surface area contributed by atoms with E-state index in [4.69, 9.17) is 4.74 Å². The first-order valence-electron chi connectivity index (χ1n) is 14.0. The Morgan fingerprint density at radius 3 is 2.49 bits per heavy atom. The van der Waals surface area contributed by atoms with Crippen LogP contribution in [-0.2, 0) is 6.18 Å². The molecule has 0 bridgehead atoms. The van der Waals surface area contributed by atoms with Gasteiger partial charge >= 0.3 is 12.2 Å². The van der Waals surface area contributed by atoms with Crippen molar-refractivity contribution in [3.63, 3.8) is 0 Å². The molecule has 2 fully saturated rings. The summed E-state index contributed by atoms with van der Waals surface area (Å²) in [5.74, 6) is 1.48. The second kappa shape index (κ2) is 10.5. The molecular formula is C30H28F4N8O. The quantitative estimate of drug-likeness (QED) is 0.177. The van der Waals surface area contributed by atoms with Gasteiger partial charge in [-0.2, -0.15) is 28.2 Å². The fraction of sp³-hybridized carbons (Fsp3) is 0.300. The first-order chi connectivity index (χ1) is 20.7. The van der Waals surface area contributed by atoms with Gasteiger partial charge in [0.1, 0.15) is 11.6 Å². The summed E-state index contributed by atoms with van der Waals surface area (Å²) in [5, 5.41) is 11.0. The zero-order valence-electron chi connectivity index (χ0n) is 23.2. The van der Waals surface area contributed by atoms with Crippen LogP contribution in [0.15, 0.2) is 54.6 Å². The molecule has 0 unspecified atom stereocenters. The number of hydrogen-bond donors (Lipinski definition) is 3. The van der Waals surface area contributed by atoms with Crippen molar-refractivity contribution in [2.75, 3.05) is 41.3 Å². The number of aromatic amines is 2. The molecule has 1 saturated heterocycles.